The number of anilines is 2. The molecule has 0 spiro atoms. The fraction of sp³-hybridized carbons (Fsp3) is 0.500. The lowest BCUT2D eigenvalue weighted by atomic mass is 10.4. The Morgan fingerprint density at radius 2 is 1.90 bits per heavy atom. The van der Waals surface area contributed by atoms with E-state index in [4.69, 9.17) is 16.0 Å². The van der Waals surface area contributed by atoms with Gasteiger partial charge in [-0.1, -0.05) is 13.8 Å². The van der Waals surface area contributed by atoms with Gasteiger partial charge in [-0.2, -0.15) is 15.0 Å². The molecule has 2 rings (SSSR count). The van der Waals surface area contributed by atoms with Crippen LogP contribution in [0.25, 0.3) is 0 Å². The van der Waals surface area contributed by atoms with E-state index >= 15 is 0 Å². The number of halogens is 1. The predicted octanol–water partition coefficient (Wildman–Crippen LogP) is 2.51. The van der Waals surface area contributed by atoms with Crippen LogP contribution >= 0.6 is 11.6 Å². The van der Waals surface area contributed by atoms with Crippen molar-refractivity contribution in [3.8, 4) is 0 Å². The monoisotopic (exact) mass is 296 g/mol. The van der Waals surface area contributed by atoms with Crippen LogP contribution in [0, 0.1) is 0 Å². The zero-order valence-electron chi connectivity index (χ0n) is 11.5. The quantitative estimate of drug-likeness (QED) is 0.811. The summed E-state index contributed by atoms with van der Waals surface area (Å²) in [6.45, 7) is 5.24. The summed E-state index contributed by atoms with van der Waals surface area (Å²) in [5.41, 5.74) is 0. The highest BCUT2D eigenvalue weighted by molar-refractivity contribution is 6.28. The SMILES string of the molecule is CCCNc1nc(Cl)nc(NCc2ncc(CC)o2)n1. The molecule has 2 heterocycles. The minimum Gasteiger partial charge on any atom is -0.444 e. The first-order chi connectivity index (χ1) is 9.71. The van der Waals surface area contributed by atoms with Crippen LogP contribution in [-0.4, -0.2) is 26.5 Å². The number of hydrogen-bond donors (Lipinski definition) is 2. The van der Waals surface area contributed by atoms with Crippen LogP contribution in [0.15, 0.2) is 10.6 Å². The molecule has 2 N–H and O–H groups in total. The number of nitrogens with one attached hydrogen (secondary N) is 2. The van der Waals surface area contributed by atoms with Gasteiger partial charge in [-0.15, -0.1) is 0 Å². The number of oxazole rings is 1. The number of aryl methyl sites for hydroxylation is 1. The zero-order chi connectivity index (χ0) is 14.4. The molecule has 2 aromatic heterocycles. The lowest BCUT2D eigenvalue weighted by Crippen LogP contribution is -2.09. The second-order valence-corrected chi connectivity index (χ2v) is 4.44. The standard InChI is InChI=1S/C12H17ClN6O/c1-3-5-14-11-17-10(13)18-12(19-11)16-7-9-15-6-8(4-2)20-9/h6H,3-5,7H2,1-2H3,(H2,14,16,17,18,19). The van der Waals surface area contributed by atoms with Gasteiger partial charge in [0.25, 0.3) is 0 Å². The smallest absolute Gasteiger partial charge is 0.229 e. The second-order valence-electron chi connectivity index (χ2n) is 4.11. The second kappa shape index (κ2) is 7.04. The van der Waals surface area contributed by atoms with Crippen LogP contribution in [0.3, 0.4) is 0 Å². The van der Waals surface area contributed by atoms with E-state index in [1.54, 1.807) is 6.20 Å². The summed E-state index contributed by atoms with van der Waals surface area (Å²) in [5.74, 6) is 2.28. The molecule has 0 atom stereocenters. The van der Waals surface area contributed by atoms with Crippen molar-refractivity contribution < 1.29 is 4.42 Å². The van der Waals surface area contributed by atoms with Crippen LogP contribution in [0.1, 0.15) is 31.9 Å². The fourth-order valence-corrected chi connectivity index (χ4v) is 1.65. The molecule has 20 heavy (non-hydrogen) atoms. The minimum atomic E-state index is 0.141. The molecular weight excluding hydrogens is 280 g/mol. The first-order valence-electron chi connectivity index (χ1n) is 6.54. The predicted molar refractivity (Wildman–Crippen MR) is 76.8 cm³/mol. The molecule has 0 saturated heterocycles. The van der Waals surface area contributed by atoms with Crippen LogP contribution in [0.2, 0.25) is 5.28 Å². The van der Waals surface area contributed by atoms with Crippen LogP contribution in [-0.2, 0) is 13.0 Å². The van der Waals surface area contributed by atoms with Crippen molar-refractivity contribution >= 4 is 23.5 Å². The molecule has 0 saturated carbocycles. The maximum Gasteiger partial charge on any atom is 0.229 e. The summed E-state index contributed by atoms with van der Waals surface area (Å²) in [6, 6.07) is 0. The van der Waals surface area contributed by atoms with E-state index in [2.05, 4.69) is 37.5 Å². The van der Waals surface area contributed by atoms with Gasteiger partial charge in [-0.05, 0) is 18.0 Å². The zero-order valence-corrected chi connectivity index (χ0v) is 12.2. The Kier molecular flexibility index (Phi) is 5.11. The molecule has 0 aromatic carbocycles. The van der Waals surface area contributed by atoms with Crippen LogP contribution in [0.5, 0.6) is 0 Å². The molecule has 0 bridgehead atoms. The number of nitrogens with zero attached hydrogens (tertiary/aromatic N) is 4. The summed E-state index contributed by atoms with van der Waals surface area (Å²) >= 11 is 5.86. The van der Waals surface area contributed by atoms with Gasteiger partial charge in [-0.3, -0.25) is 0 Å². The highest BCUT2D eigenvalue weighted by Gasteiger charge is 2.06. The van der Waals surface area contributed by atoms with Crippen molar-refractivity contribution in [1.82, 2.24) is 19.9 Å². The number of hydrogen-bond acceptors (Lipinski definition) is 7. The molecule has 2 aromatic rings. The first-order valence-corrected chi connectivity index (χ1v) is 6.92. The van der Waals surface area contributed by atoms with Gasteiger partial charge < -0.3 is 15.1 Å². The molecule has 0 unspecified atom stereocenters. The van der Waals surface area contributed by atoms with Crippen LogP contribution in [0.4, 0.5) is 11.9 Å². The maximum absolute atomic E-state index is 5.86. The molecule has 8 heteroatoms. The van der Waals surface area contributed by atoms with Gasteiger partial charge in [0.05, 0.1) is 12.7 Å². The molecule has 0 aliphatic heterocycles. The van der Waals surface area contributed by atoms with Crippen molar-refractivity contribution in [2.45, 2.75) is 33.2 Å². The Hall–Kier alpha value is -1.89. The Labute approximate surface area is 122 Å². The van der Waals surface area contributed by atoms with Gasteiger partial charge >= 0.3 is 0 Å². The third-order valence-electron chi connectivity index (χ3n) is 2.49. The first kappa shape index (κ1) is 14.5. The van der Waals surface area contributed by atoms with Gasteiger partial charge in [0.2, 0.25) is 23.1 Å². The minimum absolute atomic E-state index is 0.141. The van der Waals surface area contributed by atoms with E-state index < -0.39 is 0 Å². The maximum atomic E-state index is 5.86. The normalized spacial score (nSPS) is 10.6. The largest absolute Gasteiger partial charge is 0.444 e. The lowest BCUT2D eigenvalue weighted by Gasteiger charge is -2.06. The van der Waals surface area contributed by atoms with Gasteiger partial charge in [-0.25, -0.2) is 4.98 Å². The highest BCUT2D eigenvalue weighted by atomic mass is 35.5. The topological polar surface area (TPSA) is 88.8 Å². The van der Waals surface area contributed by atoms with Crippen LogP contribution < -0.4 is 10.6 Å². The Morgan fingerprint density at radius 1 is 1.15 bits per heavy atom. The van der Waals surface area contributed by atoms with E-state index in [1.165, 1.54) is 0 Å². The van der Waals surface area contributed by atoms with Crippen molar-refractivity contribution in [2.24, 2.45) is 0 Å². The molecule has 0 amide bonds. The van der Waals surface area contributed by atoms with E-state index in [-0.39, 0.29) is 5.28 Å². The molecule has 0 aliphatic carbocycles. The Bertz CT molecular complexity index is 559. The Morgan fingerprint density at radius 3 is 2.55 bits per heavy atom. The molecule has 0 fully saturated rings. The summed E-state index contributed by atoms with van der Waals surface area (Å²) in [5, 5.41) is 6.22. The van der Waals surface area contributed by atoms with E-state index in [0.717, 1.165) is 25.1 Å². The average Bonchev–Trinajstić information content (AvgIpc) is 2.90. The summed E-state index contributed by atoms with van der Waals surface area (Å²) in [7, 11) is 0. The molecule has 0 aliphatic rings. The molecule has 0 radical (unpaired) electrons. The van der Waals surface area contributed by atoms with Crippen molar-refractivity contribution in [3.05, 3.63) is 23.1 Å². The van der Waals surface area contributed by atoms with Crippen molar-refractivity contribution in [1.29, 1.82) is 0 Å². The number of aromatic nitrogens is 4. The summed E-state index contributed by atoms with van der Waals surface area (Å²) in [6.07, 6.45) is 3.50. The van der Waals surface area contributed by atoms with E-state index in [1.807, 2.05) is 6.92 Å². The van der Waals surface area contributed by atoms with Gasteiger partial charge in [0, 0.05) is 13.0 Å². The number of rotatable bonds is 7. The third kappa shape index (κ3) is 4.06. The fourth-order valence-electron chi connectivity index (χ4n) is 1.49. The van der Waals surface area contributed by atoms with E-state index in [0.29, 0.717) is 24.3 Å². The summed E-state index contributed by atoms with van der Waals surface area (Å²) in [4.78, 5) is 16.4. The van der Waals surface area contributed by atoms with Crippen molar-refractivity contribution in [3.63, 3.8) is 0 Å². The van der Waals surface area contributed by atoms with Gasteiger partial charge in [0.1, 0.15) is 5.76 Å². The average molecular weight is 297 g/mol. The van der Waals surface area contributed by atoms with Gasteiger partial charge in [0.15, 0.2) is 0 Å². The molecule has 7 nitrogen and oxygen atoms in total. The molecule has 108 valence electrons. The summed E-state index contributed by atoms with van der Waals surface area (Å²) < 4.78 is 5.49. The lowest BCUT2D eigenvalue weighted by molar-refractivity contribution is 0.465. The molecular formula is C12H17ClN6O. The Balaban J connectivity index is 1.99. The van der Waals surface area contributed by atoms with E-state index in [9.17, 15) is 0 Å². The van der Waals surface area contributed by atoms with Crippen molar-refractivity contribution in [2.75, 3.05) is 17.2 Å². The highest BCUT2D eigenvalue weighted by Crippen LogP contribution is 2.11. The third-order valence-corrected chi connectivity index (χ3v) is 2.66.